The van der Waals surface area contributed by atoms with E-state index in [0.717, 1.165) is 23.9 Å². The molecule has 1 aromatic rings. The summed E-state index contributed by atoms with van der Waals surface area (Å²) in [5.41, 5.74) is 7.96. The van der Waals surface area contributed by atoms with Gasteiger partial charge in [0.25, 0.3) is 0 Å². The maximum atomic E-state index is 5.92. The predicted octanol–water partition coefficient (Wildman–Crippen LogP) is 3.29. The fraction of sp³-hybridized carbons (Fsp3) is 0.625. The minimum atomic E-state index is 0.788. The molecule has 0 aliphatic carbocycles. The normalized spacial score (nSPS) is 21.1. The highest BCUT2D eigenvalue weighted by Crippen LogP contribution is 2.23. The first-order chi connectivity index (χ1) is 9.21. The molecule has 1 atom stereocenters. The Balaban J connectivity index is 1.98. The number of nitrogens with zero attached hydrogens (tertiary/aromatic N) is 1. The Kier molecular flexibility index (Phi) is 5.08. The summed E-state index contributed by atoms with van der Waals surface area (Å²) in [5.74, 6) is 1.77. The van der Waals surface area contributed by atoms with E-state index in [1.165, 1.54) is 44.3 Å². The SMILES string of the molecule is CCC1CCCN(Cc2cc(N)cc(OC)c2)CC1. The van der Waals surface area contributed by atoms with Gasteiger partial charge in [-0.3, -0.25) is 4.90 Å². The van der Waals surface area contributed by atoms with Crippen molar-refractivity contribution < 1.29 is 4.74 Å². The number of nitrogens with two attached hydrogens (primary N) is 1. The van der Waals surface area contributed by atoms with Crippen LogP contribution < -0.4 is 10.5 Å². The lowest BCUT2D eigenvalue weighted by Crippen LogP contribution is -2.24. The first-order valence-electron chi connectivity index (χ1n) is 7.37. The van der Waals surface area contributed by atoms with E-state index in [9.17, 15) is 0 Å². The standard InChI is InChI=1S/C16H26N2O/c1-3-13-5-4-7-18(8-6-13)12-14-9-15(17)11-16(10-14)19-2/h9-11,13H,3-8,12,17H2,1-2H3. The van der Waals surface area contributed by atoms with Crippen LogP contribution in [0.2, 0.25) is 0 Å². The lowest BCUT2D eigenvalue weighted by Gasteiger charge is -2.20. The Morgan fingerprint density at radius 1 is 1.26 bits per heavy atom. The van der Waals surface area contributed by atoms with Crippen LogP contribution in [0.1, 0.15) is 38.2 Å². The van der Waals surface area contributed by atoms with Crippen molar-refractivity contribution in [3.05, 3.63) is 23.8 Å². The van der Waals surface area contributed by atoms with E-state index in [1.807, 2.05) is 6.07 Å². The second-order valence-electron chi connectivity index (χ2n) is 5.60. The van der Waals surface area contributed by atoms with Crippen molar-refractivity contribution >= 4 is 5.69 Å². The minimum absolute atomic E-state index is 0.788. The van der Waals surface area contributed by atoms with E-state index in [-0.39, 0.29) is 0 Å². The number of hydrogen-bond donors (Lipinski definition) is 1. The van der Waals surface area contributed by atoms with Crippen molar-refractivity contribution in [1.82, 2.24) is 4.90 Å². The largest absolute Gasteiger partial charge is 0.497 e. The molecular formula is C16H26N2O. The van der Waals surface area contributed by atoms with Gasteiger partial charge in [0.15, 0.2) is 0 Å². The van der Waals surface area contributed by atoms with Gasteiger partial charge < -0.3 is 10.5 Å². The number of hydrogen-bond acceptors (Lipinski definition) is 3. The molecule has 106 valence electrons. The van der Waals surface area contributed by atoms with Crippen LogP contribution >= 0.6 is 0 Å². The van der Waals surface area contributed by atoms with E-state index < -0.39 is 0 Å². The molecule has 1 aliphatic rings. The lowest BCUT2D eigenvalue weighted by atomic mass is 9.98. The second kappa shape index (κ2) is 6.80. The third kappa shape index (κ3) is 4.13. The molecule has 3 heteroatoms. The molecule has 3 nitrogen and oxygen atoms in total. The summed E-state index contributed by atoms with van der Waals surface area (Å²) in [6.45, 7) is 5.70. The van der Waals surface area contributed by atoms with Crippen LogP contribution in [0.25, 0.3) is 0 Å². The Labute approximate surface area is 116 Å². The molecule has 1 aromatic carbocycles. The highest BCUT2D eigenvalue weighted by Gasteiger charge is 2.16. The fourth-order valence-corrected chi connectivity index (χ4v) is 2.94. The Hall–Kier alpha value is -1.22. The molecule has 0 spiro atoms. The summed E-state index contributed by atoms with van der Waals surface area (Å²) in [5, 5.41) is 0. The van der Waals surface area contributed by atoms with Crippen LogP contribution in [0.4, 0.5) is 5.69 Å². The van der Waals surface area contributed by atoms with Gasteiger partial charge in [-0.25, -0.2) is 0 Å². The van der Waals surface area contributed by atoms with E-state index in [4.69, 9.17) is 10.5 Å². The average Bonchev–Trinajstić information content (AvgIpc) is 2.63. The van der Waals surface area contributed by atoms with E-state index in [2.05, 4.69) is 24.0 Å². The number of likely N-dealkylation sites (tertiary alicyclic amines) is 1. The Morgan fingerprint density at radius 2 is 2.11 bits per heavy atom. The molecule has 0 aromatic heterocycles. The van der Waals surface area contributed by atoms with Gasteiger partial charge in [-0.1, -0.05) is 13.3 Å². The Morgan fingerprint density at radius 3 is 2.84 bits per heavy atom. The molecule has 0 bridgehead atoms. The van der Waals surface area contributed by atoms with E-state index in [0.29, 0.717) is 0 Å². The summed E-state index contributed by atoms with van der Waals surface area (Å²) in [6, 6.07) is 6.03. The van der Waals surface area contributed by atoms with Crippen LogP contribution in [0.3, 0.4) is 0 Å². The van der Waals surface area contributed by atoms with Crippen molar-refractivity contribution in [2.75, 3.05) is 25.9 Å². The van der Waals surface area contributed by atoms with Crippen molar-refractivity contribution in [3.8, 4) is 5.75 Å². The first-order valence-corrected chi connectivity index (χ1v) is 7.37. The van der Waals surface area contributed by atoms with E-state index >= 15 is 0 Å². The number of benzene rings is 1. The number of ether oxygens (including phenoxy) is 1. The molecular weight excluding hydrogens is 236 g/mol. The molecule has 0 saturated carbocycles. The number of anilines is 1. The summed E-state index contributed by atoms with van der Waals surface area (Å²) in [7, 11) is 1.69. The smallest absolute Gasteiger partial charge is 0.121 e. The summed E-state index contributed by atoms with van der Waals surface area (Å²) >= 11 is 0. The number of methoxy groups -OCH3 is 1. The van der Waals surface area contributed by atoms with Gasteiger partial charge in [0.1, 0.15) is 5.75 Å². The molecule has 2 rings (SSSR count). The van der Waals surface area contributed by atoms with Crippen molar-refractivity contribution in [3.63, 3.8) is 0 Å². The topological polar surface area (TPSA) is 38.5 Å². The zero-order chi connectivity index (χ0) is 13.7. The van der Waals surface area contributed by atoms with Crippen molar-refractivity contribution in [2.45, 2.75) is 39.2 Å². The minimum Gasteiger partial charge on any atom is -0.497 e. The third-order valence-electron chi connectivity index (χ3n) is 4.15. The maximum Gasteiger partial charge on any atom is 0.121 e. The molecule has 1 heterocycles. The van der Waals surface area contributed by atoms with Crippen LogP contribution in [0.5, 0.6) is 5.75 Å². The van der Waals surface area contributed by atoms with E-state index in [1.54, 1.807) is 7.11 Å². The highest BCUT2D eigenvalue weighted by atomic mass is 16.5. The van der Waals surface area contributed by atoms with Gasteiger partial charge in [-0.15, -0.1) is 0 Å². The highest BCUT2D eigenvalue weighted by molar-refractivity contribution is 5.47. The molecule has 1 unspecified atom stereocenters. The van der Waals surface area contributed by atoms with Crippen LogP contribution in [-0.2, 0) is 6.54 Å². The van der Waals surface area contributed by atoms with Crippen LogP contribution in [-0.4, -0.2) is 25.1 Å². The quantitative estimate of drug-likeness (QED) is 0.846. The summed E-state index contributed by atoms with van der Waals surface area (Å²) in [6.07, 6.45) is 5.35. The van der Waals surface area contributed by atoms with Gasteiger partial charge in [-0.05, 0) is 56.0 Å². The van der Waals surface area contributed by atoms with Crippen LogP contribution in [0, 0.1) is 5.92 Å². The monoisotopic (exact) mass is 262 g/mol. The van der Waals surface area contributed by atoms with Gasteiger partial charge in [0.05, 0.1) is 7.11 Å². The zero-order valence-corrected chi connectivity index (χ0v) is 12.2. The first kappa shape index (κ1) is 14.2. The average molecular weight is 262 g/mol. The zero-order valence-electron chi connectivity index (χ0n) is 12.2. The number of rotatable bonds is 4. The molecule has 19 heavy (non-hydrogen) atoms. The second-order valence-corrected chi connectivity index (χ2v) is 5.60. The predicted molar refractivity (Wildman–Crippen MR) is 80.3 cm³/mol. The fourth-order valence-electron chi connectivity index (χ4n) is 2.94. The molecule has 0 amide bonds. The molecule has 1 aliphatic heterocycles. The van der Waals surface area contributed by atoms with Gasteiger partial charge >= 0.3 is 0 Å². The maximum absolute atomic E-state index is 5.92. The molecule has 1 fully saturated rings. The molecule has 1 saturated heterocycles. The molecule has 2 N–H and O–H groups in total. The van der Waals surface area contributed by atoms with Gasteiger partial charge in [0, 0.05) is 18.3 Å². The molecule has 0 radical (unpaired) electrons. The number of nitrogen functional groups attached to an aromatic ring is 1. The third-order valence-corrected chi connectivity index (χ3v) is 4.15. The van der Waals surface area contributed by atoms with Crippen LogP contribution in [0.15, 0.2) is 18.2 Å². The summed E-state index contributed by atoms with van der Waals surface area (Å²) < 4.78 is 5.29. The lowest BCUT2D eigenvalue weighted by molar-refractivity contribution is 0.271. The summed E-state index contributed by atoms with van der Waals surface area (Å²) in [4.78, 5) is 2.55. The van der Waals surface area contributed by atoms with Crippen molar-refractivity contribution in [2.24, 2.45) is 5.92 Å². The van der Waals surface area contributed by atoms with Gasteiger partial charge in [-0.2, -0.15) is 0 Å². The Bertz CT molecular complexity index is 406. The van der Waals surface area contributed by atoms with Gasteiger partial charge in [0.2, 0.25) is 0 Å². The van der Waals surface area contributed by atoms with Crippen molar-refractivity contribution in [1.29, 1.82) is 0 Å².